The van der Waals surface area contributed by atoms with Crippen LogP contribution in [0.2, 0.25) is 0 Å². The number of nitrogens with zero attached hydrogens (tertiary/aromatic N) is 2. The molecule has 0 saturated carbocycles. The fourth-order valence-corrected chi connectivity index (χ4v) is 3.38. The van der Waals surface area contributed by atoms with E-state index in [2.05, 4.69) is 4.98 Å². The molecule has 116 valence electrons. The number of hydrogen-bond donors (Lipinski definition) is 1. The smallest absolute Gasteiger partial charge is 0.311 e. The summed E-state index contributed by atoms with van der Waals surface area (Å²) in [7, 11) is 0. The van der Waals surface area contributed by atoms with E-state index < -0.39 is 11.4 Å². The molecule has 1 fully saturated rings. The van der Waals surface area contributed by atoms with Gasteiger partial charge in [0.15, 0.2) is 0 Å². The number of carboxylic acids is 1. The molecule has 1 aliphatic heterocycles. The molecule has 21 heavy (non-hydrogen) atoms. The van der Waals surface area contributed by atoms with Crippen molar-refractivity contribution in [2.75, 3.05) is 13.1 Å². The highest BCUT2D eigenvalue weighted by Gasteiger charge is 2.39. The molecule has 6 heteroatoms. The highest BCUT2D eigenvalue weighted by molar-refractivity contribution is 7.09. The molecule has 1 aromatic heterocycles. The Bertz CT molecular complexity index is 529. The van der Waals surface area contributed by atoms with Gasteiger partial charge in [0.05, 0.1) is 16.1 Å². The van der Waals surface area contributed by atoms with Gasteiger partial charge in [0.2, 0.25) is 5.91 Å². The topological polar surface area (TPSA) is 70.5 Å². The molecule has 2 heterocycles. The number of hydrogen-bond acceptors (Lipinski definition) is 4. The van der Waals surface area contributed by atoms with Gasteiger partial charge in [-0.15, -0.1) is 11.3 Å². The van der Waals surface area contributed by atoms with Crippen molar-refractivity contribution < 1.29 is 14.7 Å². The number of likely N-dealkylation sites (tertiary alicyclic amines) is 1. The van der Waals surface area contributed by atoms with Gasteiger partial charge in [0, 0.05) is 24.9 Å². The maximum absolute atomic E-state index is 12.2. The minimum atomic E-state index is -0.807. The number of thiazole rings is 1. The van der Waals surface area contributed by atoms with Gasteiger partial charge in [-0.3, -0.25) is 9.59 Å². The van der Waals surface area contributed by atoms with Crippen LogP contribution in [-0.4, -0.2) is 40.0 Å². The Hall–Kier alpha value is -1.43. The third-order valence-corrected chi connectivity index (χ3v) is 4.88. The zero-order valence-corrected chi connectivity index (χ0v) is 13.4. The Kier molecular flexibility index (Phi) is 4.98. The van der Waals surface area contributed by atoms with Crippen LogP contribution in [0.4, 0.5) is 0 Å². The third-order valence-electron chi connectivity index (χ3n) is 4.06. The lowest BCUT2D eigenvalue weighted by molar-refractivity contribution is -0.153. The number of aliphatic carboxylic acids is 1. The van der Waals surface area contributed by atoms with E-state index in [9.17, 15) is 14.7 Å². The average Bonchev–Trinajstić information content (AvgIpc) is 2.84. The Morgan fingerprint density at radius 2 is 2.29 bits per heavy atom. The predicted molar refractivity (Wildman–Crippen MR) is 81.3 cm³/mol. The van der Waals surface area contributed by atoms with E-state index in [1.54, 1.807) is 23.2 Å². The summed E-state index contributed by atoms with van der Waals surface area (Å²) in [5.74, 6) is -0.743. The van der Waals surface area contributed by atoms with Crippen LogP contribution >= 0.6 is 11.3 Å². The number of piperidine rings is 1. The van der Waals surface area contributed by atoms with E-state index in [0.717, 1.165) is 30.0 Å². The Morgan fingerprint density at radius 3 is 2.90 bits per heavy atom. The van der Waals surface area contributed by atoms with Crippen LogP contribution in [-0.2, 0) is 16.0 Å². The van der Waals surface area contributed by atoms with Crippen LogP contribution in [0.5, 0.6) is 0 Å². The third kappa shape index (κ3) is 4.03. The summed E-state index contributed by atoms with van der Waals surface area (Å²) >= 11 is 1.62. The van der Waals surface area contributed by atoms with Crippen molar-refractivity contribution >= 4 is 23.2 Å². The number of rotatable bonds is 5. The SMILES string of the molecule is Cc1nc(CCCC(=O)N2CCCC(C)(C(=O)O)C2)cs1. The van der Waals surface area contributed by atoms with E-state index in [1.165, 1.54) is 0 Å². The van der Waals surface area contributed by atoms with Gasteiger partial charge in [-0.25, -0.2) is 4.98 Å². The lowest BCUT2D eigenvalue weighted by Gasteiger charge is -2.37. The molecular weight excluding hydrogens is 288 g/mol. The number of carbonyl (C=O) groups excluding carboxylic acids is 1. The highest BCUT2D eigenvalue weighted by Crippen LogP contribution is 2.30. The van der Waals surface area contributed by atoms with Gasteiger partial charge >= 0.3 is 5.97 Å². The second kappa shape index (κ2) is 6.56. The summed E-state index contributed by atoms with van der Waals surface area (Å²) in [5, 5.41) is 12.4. The fourth-order valence-electron chi connectivity index (χ4n) is 2.73. The Balaban J connectivity index is 1.81. The number of aromatic nitrogens is 1. The minimum Gasteiger partial charge on any atom is -0.481 e. The van der Waals surface area contributed by atoms with Crippen molar-refractivity contribution in [2.45, 2.75) is 46.0 Å². The fraction of sp³-hybridized carbons (Fsp3) is 0.667. The van der Waals surface area contributed by atoms with Crippen LogP contribution < -0.4 is 0 Å². The molecule has 0 bridgehead atoms. The number of amides is 1. The minimum absolute atomic E-state index is 0.0640. The van der Waals surface area contributed by atoms with Crippen LogP contribution in [0.1, 0.15) is 43.3 Å². The van der Waals surface area contributed by atoms with E-state index in [0.29, 0.717) is 25.9 Å². The molecule has 0 spiro atoms. The standard InChI is InChI=1S/C15H22N2O3S/c1-11-16-12(9-21-11)5-3-6-13(18)17-8-4-7-15(2,10-17)14(19)20/h9H,3-8,10H2,1-2H3,(H,19,20). The maximum atomic E-state index is 12.2. The zero-order chi connectivity index (χ0) is 15.5. The van der Waals surface area contributed by atoms with Crippen LogP contribution in [0.15, 0.2) is 5.38 Å². The largest absolute Gasteiger partial charge is 0.481 e. The summed E-state index contributed by atoms with van der Waals surface area (Å²) in [4.78, 5) is 29.6. The van der Waals surface area contributed by atoms with Crippen molar-refractivity contribution in [3.05, 3.63) is 16.1 Å². The molecule has 1 aliphatic rings. The van der Waals surface area contributed by atoms with Gasteiger partial charge in [-0.05, 0) is 39.5 Å². The Morgan fingerprint density at radius 1 is 1.52 bits per heavy atom. The molecular formula is C15H22N2O3S. The lowest BCUT2D eigenvalue weighted by atomic mass is 9.82. The van der Waals surface area contributed by atoms with E-state index in [1.807, 2.05) is 12.3 Å². The number of carbonyl (C=O) groups is 2. The Labute approximate surface area is 129 Å². The summed E-state index contributed by atoms with van der Waals surface area (Å²) in [6, 6.07) is 0. The molecule has 1 unspecified atom stereocenters. The molecule has 1 atom stereocenters. The van der Waals surface area contributed by atoms with Crippen molar-refractivity contribution in [3.8, 4) is 0 Å². The molecule has 1 aromatic rings. The summed E-state index contributed by atoms with van der Waals surface area (Å²) in [6.07, 6.45) is 3.44. The van der Waals surface area contributed by atoms with Crippen molar-refractivity contribution in [3.63, 3.8) is 0 Å². The molecule has 1 amide bonds. The second-order valence-corrected chi connectivity index (χ2v) is 7.06. The first-order valence-corrected chi connectivity index (χ1v) is 8.21. The van der Waals surface area contributed by atoms with Crippen LogP contribution in [0, 0.1) is 12.3 Å². The molecule has 5 nitrogen and oxygen atoms in total. The monoisotopic (exact) mass is 310 g/mol. The second-order valence-electron chi connectivity index (χ2n) is 6.00. The molecule has 0 radical (unpaired) electrons. The summed E-state index contributed by atoms with van der Waals surface area (Å²) < 4.78 is 0. The van der Waals surface area contributed by atoms with E-state index in [-0.39, 0.29) is 5.91 Å². The van der Waals surface area contributed by atoms with Crippen LogP contribution in [0.25, 0.3) is 0 Å². The quantitative estimate of drug-likeness (QED) is 0.907. The van der Waals surface area contributed by atoms with Crippen LogP contribution in [0.3, 0.4) is 0 Å². The van der Waals surface area contributed by atoms with E-state index in [4.69, 9.17) is 0 Å². The van der Waals surface area contributed by atoms with Crippen molar-refractivity contribution in [2.24, 2.45) is 5.41 Å². The summed E-state index contributed by atoms with van der Waals surface area (Å²) in [6.45, 7) is 4.71. The normalized spacial score (nSPS) is 22.3. The van der Waals surface area contributed by atoms with E-state index >= 15 is 0 Å². The summed E-state index contributed by atoms with van der Waals surface area (Å²) in [5.41, 5.74) is 0.249. The first-order valence-electron chi connectivity index (χ1n) is 7.33. The molecule has 0 aromatic carbocycles. The molecule has 1 N–H and O–H groups in total. The first-order chi connectivity index (χ1) is 9.90. The van der Waals surface area contributed by atoms with Gasteiger partial charge in [-0.2, -0.15) is 0 Å². The van der Waals surface area contributed by atoms with Gasteiger partial charge < -0.3 is 10.0 Å². The first kappa shape index (κ1) is 15.9. The number of carboxylic acid groups (broad SMARTS) is 1. The van der Waals surface area contributed by atoms with Gasteiger partial charge in [0.25, 0.3) is 0 Å². The lowest BCUT2D eigenvalue weighted by Crippen LogP contribution is -2.48. The molecule has 0 aliphatic carbocycles. The average molecular weight is 310 g/mol. The van der Waals surface area contributed by atoms with Gasteiger partial charge in [-0.1, -0.05) is 0 Å². The molecule has 1 saturated heterocycles. The number of aryl methyl sites for hydroxylation is 2. The van der Waals surface area contributed by atoms with Crippen molar-refractivity contribution in [1.29, 1.82) is 0 Å². The maximum Gasteiger partial charge on any atom is 0.311 e. The molecule has 2 rings (SSSR count). The van der Waals surface area contributed by atoms with Gasteiger partial charge in [0.1, 0.15) is 0 Å². The van der Waals surface area contributed by atoms with Crippen molar-refractivity contribution in [1.82, 2.24) is 9.88 Å². The zero-order valence-electron chi connectivity index (χ0n) is 12.6. The highest BCUT2D eigenvalue weighted by atomic mass is 32.1. The predicted octanol–water partition coefficient (Wildman–Crippen LogP) is 2.49.